The molecule has 0 fully saturated rings. The Morgan fingerprint density at radius 3 is 2.77 bits per heavy atom. The minimum absolute atomic E-state index is 0.195. The molecule has 9 nitrogen and oxygen atoms in total. The summed E-state index contributed by atoms with van der Waals surface area (Å²) in [6.07, 6.45) is 1.55. The molecule has 0 bridgehead atoms. The van der Waals surface area contributed by atoms with E-state index >= 15 is 0 Å². The normalized spacial score (nSPS) is 10.7. The topological polar surface area (TPSA) is 104 Å². The zero-order chi connectivity index (χ0) is 20.9. The lowest BCUT2D eigenvalue weighted by Crippen LogP contribution is -2.28. The third kappa shape index (κ3) is 4.02. The molecule has 0 unspecified atom stereocenters. The molecule has 0 radical (unpaired) electrons. The van der Waals surface area contributed by atoms with Crippen molar-refractivity contribution in [3.8, 4) is 23.1 Å². The van der Waals surface area contributed by atoms with E-state index in [0.29, 0.717) is 28.5 Å². The Labute approximate surface area is 170 Å². The minimum atomic E-state index is -0.337. The zero-order valence-electron chi connectivity index (χ0n) is 15.9. The van der Waals surface area contributed by atoms with Crippen molar-refractivity contribution in [1.29, 1.82) is 0 Å². The summed E-state index contributed by atoms with van der Waals surface area (Å²) in [5.41, 5.74) is 1.54. The minimum Gasteiger partial charge on any atom is -0.480 e. The van der Waals surface area contributed by atoms with Crippen molar-refractivity contribution < 1.29 is 18.7 Å². The molecule has 30 heavy (non-hydrogen) atoms. The number of ether oxygens (including phenoxy) is 2. The number of benzene rings is 1. The van der Waals surface area contributed by atoms with Crippen molar-refractivity contribution in [2.45, 2.75) is 0 Å². The highest BCUT2D eigenvalue weighted by Gasteiger charge is 2.13. The fourth-order valence-electron chi connectivity index (χ4n) is 2.77. The van der Waals surface area contributed by atoms with E-state index in [1.165, 1.54) is 23.8 Å². The molecule has 0 spiro atoms. The Bertz CT molecular complexity index is 1180. The van der Waals surface area contributed by atoms with Gasteiger partial charge in [0.2, 0.25) is 11.8 Å². The number of hydrogen-bond donors (Lipinski definition) is 1. The number of pyridine rings is 1. The van der Waals surface area contributed by atoms with Gasteiger partial charge in [-0.1, -0.05) is 0 Å². The number of methoxy groups -OCH3 is 1. The lowest BCUT2D eigenvalue weighted by atomic mass is 10.2. The first kappa shape index (κ1) is 19.2. The maximum absolute atomic E-state index is 13.2. The highest BCUT2D eigenvalue weighted by Crippen LogP contribution is 2.19. The summed E-state index contributed by atoms with van der Waals surface area (Å²) in [4.78, 5) is 16.2. The molecule has 10 heteroatoms. The molecular weight excluding hydrogens is 391 g/mol. The smallest absolute Gasteiger partial charge is 0.256 e. The Kier molecular flexibility index (Phi) is 5.46. The first-order valence-electron chi connectivity index (χ1n) is 9.04. The van der Waals surface area contributed by atoms with Crippen LogP contribution in [-0.4, -0.2) is 51.0 Å². The van der Waals surface area contributed by atoms with Crippen LogP contribution >= 0.6 is 0 Å². The van der Waals surface area contributed by atoms with Crippen LogP contribution in [0.4, 0.5) is 4.39 Å². The van der Waals surface area contributed by atoms with Crippen LogP contribution in [0.3, 0.4) is 0 Å². The number of aromatic nitrogens is 5. The number of carbonyl (C=O) groups excluding carboxylic acids is 1. The molecule has 152 valence electrons. The molecule has 3 heterocycles. The second-order valence-corrected chi connectivity index (χ2v) is 6.14. The van der Waals surface area contributed by atoms with Crippen LogP contribution in [0.15, 0.2) is 54.7 Å². The number of carbonyl (C=O) groups is 1. The van der Waals surface area contributed by atoms with Gasteiger partial charge in [0.1, 0.15) is 18.0 Å². The van der Waals surface area contributed by atoms with E-state index in [-0.39, 0.29) is 30.8 Å². The predicted molar refractivity (Wildman–Crippen MR) is 105 cm³/mol. The quantitative estimate of drug-likeness (QED) is 0.467. The van der Waals surface area contributed by atoms with Gasteiger partial charge in [0, 0.05) is 17.8 Å². The van der Waals surface area contributed by atoms with Crippen LogP contribution in [-0.2, 0) is 0 Å². The number of rotatable bonds is 7. The molecule has 0 aliphatic rings. The Morgan fingerprint density at radius 2 is 1.97 bits per heavy atom. The van der Waals surface area contributed by atoms with Crippen LogP contribution in [0, 0.1) is 5.82 Å². The van der Waals surface area contributed by atoms with Crippen molar-refractivity contribution in [3.05, 3.63) is 66.1 Å². The lowest BCUT2D eigenvalue weighted by Gasteiger charge is -2.09. The van der Waals surface area contributed by atoms with Gasteiger partial charge in [0.15, 0.2) is 11.5 Å². The standard InChI is InChI=1S/C20H17FN6O3/c1-29-20-15(3-2-10-23-20)19(28)22-11-12-30-17-9-8-16-24-25-18(27(16)26-17)13-4-6-14(21)7-5-13/h2-10H,11-12H2,1H3,(H,22,28). The summed E-state index contributed by atoms with van der Waals surface area (Å²) in [5, 5.41) is 15.3. The number of hydrogen-bond acceptors (Lipinski definition) is 7. The molecule has 4 aromatic rings. The van der Waals surface area contributed by atoms with Crippen LogP contribution in [0.1, 0.15) is 10.4 Å². The average Bonchev–Trinajstić information content (AvgIpc) is 3.20. The zero-order valence-corrected chi connectivity index (χ0v) is 15.9. The van der Waals surface area contributed by atoms with Gasteiger partial charge in [-0.2, -0.15) is 4.52 Å². The number of halogens is 1. The van der Waals surface area contributed by atoms with Crippen molar-refractivity contribution in [2.24, 2.45) is 0 Å². The van der Waals surface area contributed by atoms with E-state index < -0.39 is 0 Å². The SMILES string of the molecule is COc1ncccc1C(=O)NCCOc1ccc2nnc(-c3ccc(F)cc3)n2n1. The van der Waals surface area contributed by atoms with Gasteiger partial charge in [-0.15, -0.1) is 15.3 Å². The molecule has 1 N–H and O–H groups in total. The number of nitrogens with zero attached hydrogens (tertiary/aromatic N) is 5. The molecule has 0 atom stereocenters. The summed E-state index contributed by atoms with van der Waals surface area (Å²) in [6.45, 7) is 0.449. The second-order valence-electron chi connectivity index (χ2n) is 6.14. The van der Waals surface area contributed by atoms with Crippen LogP contribution < -0.4 is 14.8 Å². The average molecular weight is 408 g/mol. The molecule has 3 aromatic heterocycles. The fraction of sp³-hybridized carbons (Fsp3) is 0.150. The van der Waals surface area contributed by atoms with E-state index in [1.54, 1.807) is 42.6 Å². The largest absolute Gasteiger partial charge is 0.480 e. The van der Waals surface area contributed by atoms with Gasteiger partial charge < -0.3 is 14.8 Å². The maximum Gasteiger partial charge on any atom is 0.256 e. The van der Waals surface area contributed by atoms with Crippen LogP contribution in [0.2, 0.25) is 0 Å². The van der Waals surface area contributed by atoms with E-state index in [9.17, 15) is 9.18 Å². The van der Waals surface area contributed by atoms with Crippen LogP contribution in [0.25, 0.3) is 17.0 Å². The van der Waals surface area contributed by atoms with Gasteiger partial charge in [-0.25, -0.2) is 9.37 Å². The molecule has 4 rings (SSSR count). The van der Waals surface area contributed by atoms with Crippen molar-refractivity contribution in [1.82, 2.24) is 30.1 Å². The van der Waals surface area contributed by atoms with Crippen molar-refractivity contribution >= 4 is 11.6 Å². The van der Waals surface area contributed by atoms with Crippen molar-refractivity contribution in [2.75, 3.05) is 20.3 Å². The van der Waals surface area contributed by atoms with Crippen molar-refractivity contribution in [3.63, 3.8) is 0 Å². The predicted octanol–water partition coefficient (Wildman–Crippen LogP) is 2.14. The highest BCUT2D eigenvalue weighted by atomic mass is 19.1. The van der Waals surface area contributed by atoms with E-state index in [2.05, 4.69) is 25.6 Å². The fourth-order valence-corrected chi connectivity index (χ4v) is 2.77. The first-order chi connectivity index (χ1) is 14.7. The Hall–Kier alpha value is -4.08. The molecular formula is C20H17FN6O3. The molecule has 0 saturated heterocycles. The summed E-state index contributed by atoms with van der Waals surface area (Å²) < 4.78 is 25.4. The third-order valence-electron chi connectivity index (χ3n) is 4.19. The van der Waals surface area contributed by atoms with Gasteiger partial charge in [-0.3, -0.25) is 4.79 Å². The number of fused-ring (bicyclic) bond motifs is 1. The molecule has 0 saturated carbocycles. The van der Waals surface area contributed by atoms with E-state index in [0.717, 1.165) is 0 Å². The summed E-state index contributed by atoms with van der Waals surface area (Å²) in [7, 11) is 1.45. The van der Waals surface area contributed by atoms with Gasteiger partial charge in [0.05, 0.1) is 13.7 Å². The third-order valence-corrected chi connectivity index (χ3v) is 4.19. The molecule has 1 aromatic carbocycles. The van der Waals surface area contributed by atoms with Gasteiger partial charge >= 0.3 is 0 Å². The molecule has 0 aliphatic heterocycles. The number of nitrogens with one attached hydrogen (secondary N) is 1. The second kappa shape index (κ2) is 8.52. The van der Waals surface area contributed by atoms with Crippen LogP contribution in [0.5, 0.6) is 11.8 Å². The highest BCUT2D eigenvalue weighted by molar-refractivity contribution is 5.96. The number of amides is 1. The molecule has 0 aliphatic carbocycles. The Morgan fingerprint density at radius 1 is 1.13 bits per heavy atom. The maximum atomic E-state index is 13.2. The van der Waals surface area contributed by atoms with E-state index in [1.807, 2.05) is 0 Å². The summed E-state index contributed by atoms with van der Waals surface area (Å²) in [5.74, 6) is 0.398. The Balaban J connectivity index is 1.40. The lowest BCUT2D eigenvalue weighted by molar-refractivity contribution is 0.0942. The summed E-state index contributed by atoms with van der Waals surface area (Å²) >= 11 is 0. The van der Waals surface area contributed by atoms with E-state index in [4.69, 9.17) is 9.47 Å². The summed E-state index contributed by atoms with van der Waals surface area (Å²) in [6, 6.07) is 12.5. The first-order valence-corrected chi connectivity index (χ1v) is 9.04. The van der Waals surface area contributed by atoms with Gasteiger partial charge in [-0.05, 0) is 42.5 Å². The molecule has 1 amide bonds. The monoisotopic (exact) mass is 408 g/mol. The van der Waals surface area contributed by atoms with Gasteiger partial charge in [0.25, 0.3) is 5.91 Å².